The van der Waals surface area contributed by atoms with Gasteiger partial charge in [-0.3, -0.25) is 14.4 Å². The van der Waals surface area contributed by atoms with Gasteiger partial charge in [-0.1, -0.05) is 13.0 Å². The fraction of sp³-hybridized carbons (Fsp3) is 0.583. The van der Waals surface area contributed by atoms with Gasteiger partial charge in [-0.05, 0) is 31.6 Å². The second-order valence-electron chi connectivity index (χ2n) is 16.1. The summed E-state index contributed by atoms with van der Waals surface area (Å²) in [6, 6.07) is 5.22. The number of ether oxygens (including phenoxy) is 11. The minimum absolute atomic E-state index is 0.0326. The van der Waals surface area contributed by atoms with E-state index in [0.29, 0.717) is 122 Å². The Hall–Kier alpha value is -5.06. The molecular formula is C48H68F4N6O18S2. The van der Waals surface area contributed by atoms with E-state index >= 15 is 0 Å². The van der Waals surface area contributed by atoms with Crippen LogP contribution in [0.2, 0.25) is 0 Å². The topological polar surface area (TPSA) is 285 Å². The van der Waals surface area contributed by atoms with Crippen LogP contribution >= 0.6 is 0 Å². The lowest BCUT2D eigenvalue weighted by Gasteiger charge is -2.21. The van der Waals surface area contributed by atoms with E-state index in [4.69, 9.17) is 57.9 Å². The molecule has 30 heteroatoms. The third-order valence-electron chi connectivity index (χ3n) is 10.3. The number of nitrogens with one attached hydrogen (secondary N) is 1. The first-order valence-corrected chi connectivity index (χ1v) is 27.5. The number of thiol groups is 1. The number of nitrogens with two attached hydrogens (primary N) is 1. The lowest BCUT2D eigenvalue weighted by Crippen LogP contribution is -2.34. The molecule has 1 aliphatic heterocycles. The highest BCUT2D eigenvalue weighted by Gasteiger charge is 2.30. The zero-order valence-corrected chi connectivity index (χ0v) is 45.1. The lowest BCUT2D eigenvalue weighted by atomic mass is 10.1. The van der Waals surface area contributed by atoms with Gasteiger partial charge in [0.25, 0.3) is 5.91 Å². The van der Waals surface area contributed by atoms with E-state index < -0.39 is 67.0 Å². The van der Waals surface area contributed by atoms with E-state index in [0.717, 1.165) is 6.42 Å². The molecule has 4 rings (SSSR count). The van der Waals surface area contributed by atoms with Gasteiger partial charge in [0, 0.05) is 30.6 Å². The summed E-state index contributed by atoms with van der Waals surface area (Å²) in [4.78, 5) is 33.2. The number of hydrogen-bond donors (Lipinski definition) is 3. The number of carbonyl (C=O) groups is 2. The Morgan fingerprint density at radius 1 is 0.705 bits per heavy atom. The average molecular weight is 1160 g/mol. The van der Waals surface area contributed by atoms with Gasteiger partial charge in [0.2, 0.25) is 27.4 Å². The molecule has 0 bridgehead atoms. The van der Waals surface area contributed by atoms with Crippen LogP contribution in [-0.4, -0.2) is 201 Å². The van der Waals surface area contributed by atoms with Crippen LogP contribution in [0, 0.1) is 23.3 Å². The minimum Gasteiger partial charge on any atom is -0.420 e. The van der Waals surface area contributed by atoms with E-state index in [1.807, 2.05) is 13.8 Å². The summed E-state index contributed by atoms with van der Waals surface area (Å²) in [5.41, 5.74) is 8.35. The molecular weight excluding hydrogens is 1090 g/mol. The Morgan fingerprint density at radius 2 is 1.18 bits per heavy atom. The van der Waals surface area contributed by atoms with E-state index in [-0.39, 0.29) is 75.9 Å². The van der Waals surface area contributed by atoms with Crippen molar-refractivity contribution in [2.75, 3.05) is 152 Å². The van der Waals surface area contributed by atoms with Gasteiger partial charge in [0.1, 0.15) is 15.6 Å². The van der Waals surface area contributed by atoms with Crippen molar-refractivity contribution in [2.24, 2.45) is 10.7 Å². The van der Waals surface area contributed by atoms with Crippen molar-refractivity contribution < 1.29 is 101 Å². The third-order valence-corrected chi connectivity index (χ3v) is 12.4. The zero-order chi connectivity index (χ0) is 56.5. The predicted molar refractivity (Wildman–Crippen MR) is 270 cm³/mol. The maximum Gasteiger partial charge on any atom is 0.313 e. The summed E-state index contributed by atoms with van der Waals surface area (Å²) in [6.45, 7) is 10.0. The Morgan fingerprint density at radius 3 is 1.64 bits per heavy atom. The summed E-state index contributed by atoms with van der Waals surface area (Å²) in [6.07, 6.45) is 4.69. The largest absolute Gasteiger partial charge is 0.420 e. The molecule has 3 aromatic rings. The highest BCUT2D eigenvalue weighted by Crippen LogP contribution is 2.32. The molecule has 0 saturated heterocycles. The molecule has 24 nitrogen and oxygen atoms in total. The van der Waals surface area contributed by atoms with Crippen LogP contribution in [0.3, 0.4) is 0 Å². The lowest BCUT2D eigenvalue weighted by molar-refractivity contribution is -0.180. The van der Waals surface area contributed by atoms with Crippen molar-refractivity contribution in [1.29, 1.82) is 0 Å². The number of halogens is 4. The summed E-state index contributed by atoms with van der Waals surface area (Å²) >= 11 is 0. The number of aromatic nitrogens is 2. The standard InChI is InChI=1S/C48H68F4N6O18S2/c1-3-9-58(75-4-2)48(60)36-30-35-5-6-37(32-39(35)56-40(53)31-36)57-34-38(33-54-57)78(63,64)55-8-11-66-13-15-68-17-19-70-21-23-72-25-27-74-29-28-73-26-24-71-22-20-69-18-16-67-14-12-65-10-7-41(59)76-46-42(49)44(51)47(77(61)62)45(52)43(46)50/h5-6,30,32-34,55,77H,3-4,7-29,31H2,1-2H3,(H2,53,56). The van der Waals surface area contributed by atoms with Crippen LogP contribution in [0.4, 0.5) is 23.2 Å². The summed E-state index contributed by atoms with van der Waals surface area (Å²) < 4.78 is 165. The maximum absolute atomic E-state index is 13.9. The molecule has 3 N–H and O–H groups in total. The number of fused-ring (bicyclic) bond motifs is 1. The Labute approximate surface area is 451 Å². The number of amidine groups is 1. The van der Waals surface area contributed by atoms with Crippen LogP contribution in [0.25, 0.3) is 11.8 Å². The minimum atomic E-state index is -3.98. The van der Waals surface area contributed by atoms with Gasteiger partial charge < -0.3 is 57.8 Å². The second kappa shape index (κ2) is 37.0. The van der Waals surface area contributed by atoms with Gasteiger partial charge in [0.05, 0.1) is 169 Å². The number of hydrogen-bond acceptors (Lipinski definition) is 21. The Bertz CT molecular complexity index is 2530. The summed E-state index contributed by atoms with van der Waals surface area (Å²) in [7, 11) is -7.87. The molecule has 1 aliphatic rings. The number of aliphatic imine (C=N–C) groups is 1. The molecule has 1 amide bonds. The molecule has 2 heterocycles. The highest BCUT2D eigenvalue weighted by atomic mass is 32.2. The number of amides is 1. The molecule has 0 saturated carbocycles. The van der Waals surface area contributed by atoms with Crippen LogP contribution in [-0.2, 0) is 82.5 Å². The zero-order valence-electron chi connectivity index (χ0n) is 43.4. The molecule has 0 radical (unpaired) electrons. The van der Waals surface area contributed by atoms with Crippen molar-refractivity contribution in [3.63, 3.8) is 0 Å². The van der Waals surface area contributed by atoms with E-state index in [1.165, 1.54) is 22.1 Å². The number of carbonyl (C=O) groups excluding carboxylic acids is 2. The quantitative estimate of drug-likeness (QED) is 0.0140. The number of esters is 1. The van der Waals surface area contributed by atoms with E-state index in [2.05, 4.69) is 19.6 Å². The predicted octanol–water partition coefficient (Wildman–Crippen LogP) is 2.80. The third kappa shape index (κ3) is 23.3. The fourth-order valence-electron chi connectivity index (χ4n) is 6.57. The average Bonchev–Trinajstić information content (AvgIpc) is 3.93. The molecule has 0 unspecified atom stereocenters. The van der Waals surface area contributed by atoms with Gasteiger partial charge >= 0.3 is 5.97 Å². The maximum atomic E-state index is 13.9. The monoisotopic (exact) mass is 1160 g/mol. The van der Waals surface area contributed by atoms with Crippen LogP contribution < -0.4 is 15.2 Å². The van der Waals surface area contributed by atoms with E-state index in [9.17, 15) is 44.0 Å². The van der Waals surface area contributed by atoms with Crippen molar-refractivity contribution in [3.05, 3.63) is 65.0 Å². The Balaban J connectivity index is 0.874. The van der Waals surface area contributed by atoms with Gasteiger partial charge in [-0.25, -0.2) is 45.1 Å². The fourth-order valence-corrected chi connectivity index (χ4v) is 8.03. The van der Waals surface area contributed by atoms with Crippen LogP contribution in [0.5, 0.6) is 5.75 Å². The van der Waals surface area contributed by atoms with E-state index in [1.54, 1.807) is 24.3 Å². The van der Waals surface area contributed by atoms with Crippen molar-refractivity contribution >= 4 is 50.2 Å². The van der Waals surface area contributed by atoms with Crippen LogP contribution in [0.15, 0.2) is 50.9 Å². The normalized spacial score (nSPS) is 12.7. The van der Waals surface area contributed by atoms with Crippen molar-refractivity contribution in [1.82, 2.24) is 19.6 Å². The molecule has 438 valence electrons. The molecule has 0 fully saturated rings. The number of nitrogens with zero attached hydrogens (tertiary/aromatic N) is 4. The summed E-state index contributed by atoms with van der Waals surface area (Å²) in [5.74, 6) is -11.7. The van der Waals surface area contributed by atoms with Crippen molar-refractivity contribution in [2.45, 2.75) is 42.9 Å². The second-order valence-corrected chi connectivity index (χ2v) is 18.8. The SMILES string of the molecule is CCCN(OCC)C(=O)C1=Cc2ccc(-n3cc(S(=O)(=O)NCCOCCOCCOCCOCCOCCOCCOCCOCCOCCOCCC(=O)Oc4c(F)c(F)c([SH](=O)=O)c(F)c4F)cn3)cc2N=C(N)C1. The van der Waals surface area contributed by atoms with Gasteiger partial charge in [-0.2, -0.15) is 13.9 Å². The molecule has 2 aromatic carbocycles. The number of hydroxylamine groups is 2. The molecule has 0 aliphatic carbocycles. The first-order chi connectivity index (χ1) is 37.7. The Kier molecular flexibility index (Phi) is 31.0. The van der Waals surface area contributed by atoms with Gasteiger partial charge in [-0.15, -0.1) is 0 Å². The molecule has 0 spiro atoms. The number of sulfonamides is 1. The summed E-state index contributed by atoms with van der Waals surface area (Å²) in [5, 5.41) is 5.57. The van der Waals surface area contributed by atoms with Gasteiger partial charge in [0.15, 0.2) is 22.3 Å². The highest BCUT2D eigenvalue weighted by molar-refractivity contribution is 7.89. The molecule has 0 atom stereocenters. The first kappa shape index (κ1) is 65.5. The van der Waals surface area contributed by atoms with Crippen molar-refractivity contribution in [3.8, 4) is 11.4 Å². The first-order valence-electron chi connectivity index (χ1n) is 24.8. The number of rotatable bonds is 43. The number of benzene rings is 2. The smallest absolute Gasteiger partial charge is 0.313 e. The molecule has 1 aromatic heterocycles. The van der Waals surface area contributed by atoms with Crippen LogP contribution in [0.1, 0.15) is 38.7 Å². The molecule has 78 heavy (non-hydrogen) atoms.